The highest BCUT2D eigenvalue weighted by molar-refractivity contribution is 5.49. The predicted molar refractivity (Wildman–Crippen MR) is 58.0 cm³/mol. The fourth-order valence-electron chi connectivity index (χ4n) is 1.80. The van der Waals surface area contributed by atoms with Crippen molar-refractivity contribution < 1.29 is 9.84 Å². The molecule has 0 fully saturated rings. The highest BCUT2D eigenvalue weighted by Gasteiger charge is 2.11. The van der Waals surface area contributed by atoms with Gasteiger partial charge in [0.15, 0.2) is 0 Å². The van der Waals surface area contributed by atoms with E-state index in [9.17, 15) is 0 Å². The van der Waals surface area contributed by atoms with Crippen molar-refractivity contribution in [2.45, 2.75) is 27.2 Å². The highest BCUT2D eigenvalue weighted by Crippen LogP contribution is 2.29. The first-order valence-corrected chi connectivity index (χ1v) is 4.86. The molecule has 2 heteroatoms. The smallest absolute Gasteiger partial charge is 0.125 e. The van der Waals surface area contributed by atoms with E-state index in [1.54, 1.807) is 7.11 Å². The molecule has 14 heavy (non-hydrogen) atoms. The summed E-state index contributed by atoms with van der Waals surface area (Å²) >= 11 is 0. The van der Waals surface area contributed by atoms with Crippen molar-refractivity contribution in [3.05, 3.63) is 28.3 Å². The second kappa shape index (κ2) is 4.47. The van der Waals surface area contributed by atoms with Crippen molar-refractivity contribution in [3.63, 3.8) is 0 Å². The molecular weight excluding hydrogens is 176 g/mol. The zero-order valence-electron chi connectivity index (χ0n) is 9.35. The summed E-state index contributed by atoms with van der Waals surface area (Å²) in [5, 5.41) is 8.97. The van der Waals surface area contributed by atoms with Gasteiger partial charge in [-0.2, -0.15) is 0 Å². The standard InChI is InChI=1S/C12H18O2/c1-8-7-9(2)11(5-6-13)12(14-4)10(8)3/h7,13H,5-6H2,1-4H3. The molecule has 0 radical (unpaired) electrons. The minimum absolute atomic E-state index is 0.166. The maximum atomic E-state index is 8.97. The van der Waals surface area contributed by atoms with Crippen LogP contribution in [0.2, 0.25) is 0 Å². The number of hydrogen-bond donors (Lipinski definition) is 1. The fourth-order valence-corrected chi connectivity index (χ4v) is 1.80. The maximum absolute atomic E-state index is 8.97. The first-order chi connectivity index (χ1) is 6.61. The van der Waals surface area contributed by atoms with Crippen molar-refractivity contribution >= 4 is 0 Å². The van der Waals surface area contributed by atoms with Crippen molar-refractivity contribution in [1.82, 2.24) is 0 Å². The van der Waals surface area contributed by atoms with Gasteiger partial charge in [-0.3, -0.25) is 0 Å². The molecule has 0 saturated carbocycles. The monoisotopic (exact) mass is 194 g/mol. The molecule has 78 valence electrons. The number of ether oxygens (including phenoxy) is 1. The van der Waals surface area contributed by atoms with Gasteiger partial charge >= 0.3 is 0 Å². The van der Waals surface area contributed by atoms with E-state index in [1.165, 1.54) is 16.7 Å². The lowest BCUT2D eigenvalue weighted by atomic mass is 9.97. The Bertz CT molecular complexity index is 330. The topological polar surface area (TPSA) is 29.5 Å². The molecule has 0 saturated heterocycles. The van der Waals surface area contributed by atoms with Gasteiger partial charge in [-0.05, 0) is 49.4 Å². The molecule has 0 aliphatic heterocycles. The number of rotatable bonds is 3. The normalized spacial score (nSPS) is 10.4. The number of aliphatic hydroxyl groups excluding tert-OH is 1. The zero-order valence-corrected chi connectivity index (χ0v) is 9.35. The molecule has 1 rings (SSSR count). The third-order valence-corrected chi connectivity index (χ3v) is 2.68. The van der Waals surface area contributed by atoms with Gasteiger partial charge in [0.05, 0.1) is 7.11 Å². The Morgan fingerprint density at radius 3 is 2.36 bits per heavy atom. The van der Waals surface area contributed by atoms with Crippen molar-refractivity contribution in [2.75, 3.05) is 13.7 Å². The first kappa shape index (κ1) is 11.1. The summed E-state index contributed by atoms with van der Waals surface area (Å²) in [7, 11) is 1.68. The van der Waals surface area contributed by atoms with E-state index in [-0.39, 0.29) is 6.61 Å². The lowest BCUT2D eigenvalue weighted by Gasteiger charge is -2.15. The third-order valence-electron chi connectivity index (χ3n) is 2.68. The van der Waals surface area contributed by atoms with E-state index in [0.717, 1.165) is 11.3 Å². The summed E-state index contributed by atoms with van der Waals surface area (Å²) in [6.07, 6.45) is 0.663. The summed E-state index contributed by atoms with van der Waals surface area (Å²) in [4.78, 5) is 0. The minimum Gasteiger partial charge on any atom is -0.496 e. The van der Waals surface area contributed by atoms with E-state index >= 15 is 0 Å². The molecule has 0 atom stereocenters. The Kier molecular flexibility index (Phi) is 3.53. The van der Waals surface area contributed by atoms with E-state index < -0.39 is 0 Å². The summed E-state index contributed by atoms with van der Waals surface area (Å²) in [5.74, 6) is 0.927. The first-order valence-electron chi connectivity index (χ1n) is 4.86. The largest absolute Gasteiger partial charge is 0.496 e. The average Bonchev–Trinajstić information content (AvgIpc) is 2.15. The Hall–Kier alpha value is -1.02. The maximum Gasteiger partial charge on any atom is 0.125 e. The molecule has 0 unspecified atom stereocenters. The van der Waals surface area contributed by atoms with E-state index in [0.29, 0.717) is 6.42 Å². The van der Waals surface area contributed by atoms with Gasteiger partial charge in [0.2, 0.25) is 0 Å². The second-order valence-corrected chi connectivity index (χ2v) is 3.62. The van der Waals surface area contributed by atoms with Crippen LogP contribution in [0.25, 0.3) is 0 Å². The van der Waals surface area contributed by atoms with Crippen LogP contribution in [0.15, 0.2) is 6.07 Å². The molecule has 0 heterocycles. The van der Waals surface area contributed by atoms with Crippen LogP contribution in [0.5, 0.6) is 5.75 Å². The number of aryl methyl sites for hydroxylation is 2. The molecule has 1 N–H and O–H groups in total. The quantitative estimate of drug-likeness (QED) is 0.799. The number of benzene rings is 1. The zero-order chi connectivity index (χ0) is 10.7. The van der Waals surface area contributed by atoms with Crippen LogP contribution in [-0.4, -0.2) is 18.8 Å². The molecule has 2 nitrogen and oxygen atoms in total. The Morgan fingerprint density at radius 2 is 1.86 bits per heavy atom. The highest BCUT2D eigenvalue weighted by atomic mass is 16.5. The molecule has 0 aliphatic carbocycles. The van der Waals surface area contributed by atoms with Crippen molar-refractivity contribution in [1.29, 1.82) is 0 Å². The van der Waals surface area contributed by atoms with E-state index in [4.69, 9.17) is 9.84 Å². The van der Waals surface area contributed by atoms with Crippen LogP contribution < -0.4 is 4.74 Å². The molecule has 0 aromatic heterocycles. The molecule has 0 spiro atoms. The van der Waals surface area contributed by atoms with Crippen LogP contribution in [0.1, 0.15) is 22.3 Å². The predicted octanol–water partition coefficient (Wildman–Crippen LogP) is 2.16. The van der Waals surface area contributed by atoms with Crippen LogP contribution in [-0.2, 0) is 6.42 Å². The second-order valence-electron chi connectivity index (χ2n) is 3.62. The Labute approximate surface area is 85.5 Å². The van der Waals surface area contributed by atoms with Crippen molar-refractivity contribution in [3.8, 4) is 5.75 Å². The summed E-state index contributed by atoms with van der Waals surface area (Å²) in [6.45, 7) is 6.35. The average molecular weight is 194 g/mol. The van der Waals surface area contributed by atoms with E-state index in [1.807, 2.05) is 0 Å². The van der Waals surface area contributed by atoms with Crippen LogP contribution in [0, 0.1) is 20.8 Å². The Morgan fingerprint density at radius 1 is 1.21 bits per heavy atom. The molecule has 1 aromatic rings. The number of aliphatic hydroxyl groups is 1. The van der Waals surface area contributed by atoms with Gasteiger partial charge < -0.3 is 9.84 Å². The summed E-state index contributed by atoms with van der Waals surface area (Å²) in [5.41, 5.74) is 4.72. The van der Waals surface area contributed by atoms with Gasteiger partial charge in [0.1, 0.15) is 5.75 Å². The number of hydrogen-bond acceptors (Lipinski definition) is 2. The van der Waals surface area contributed by atoms with Gasteiger partial charge in [0, 0.05) is 6.61 Å². The SMILES string of the molecule is COc1c(C)c(C)cc(C)c1CCO. The lowest BCUT2D eigenvalue weighted by Crippen LogP contribution is -2.02. The lowest BCUT2D eigenvalue weighted by molar-refractivity contribution is 0.296. The van der Waals surface area contributed by atoms with Crippen LogP contribution >= 0.6 is 0 Å². The Balaban J connectivity index is 3.31. The van der Waals surface area contributed by atoms with Gasteiger partial charge in [-0.1, -0.05) is 6.07 Å². The molecule has 0 aliphatic rings. The molecular formula is C12H18O2. The third kappa shape index (κ3) is 1.90. The van der Waals surface area contributed by atoms with Gasteiger partial charge in [-0.25, -0.2) is 0 Å². The molecule has 1 aromatic carbocycles. The summed E-state index contributed by atoms with van der Waals surface area (Å²) in [6, 6.07) is 2.14. The van der Waals surface area contributed by atoms with E-state index in [2.05, 4.69) is 26.8 Å². The van der Waals surface area contributed by atoms with Crippen molar-refractivity contribution in [2.24, 2.45) is 0 Å². The molecule has 0 bridgehead atoms. The molecule has 0 amide bonds. The van der Waals surface area contributed by atoms with Crippen LogP contribution in [0.4, 0.5) is 0 Å². The fraction of sp³-hybridized carbons (Fsp3) is 0.500. The van der Waals surface area contributed by atoms with Gasteiger partial charge in [-0.15, -0.1) is 0 Å². The summed E-state index contributed by atoms with van der Waals surface area (Å²) < 4.78 is 5.38. The van der Waals surface area contributed by atoms with Crippen LogP contribution in [0.3, 0.4) is 0 Å². The minimum atomic E-state index is 0.166. The number of methoxy groups -OCH3 is 1. The van der Waals surface area contributed by atoms with Gasteiger partial charge in [0.25, 0.3) is 0 Å².